The van der Waals surface area contributed by atoms with Gasteiger partial charge in [-0.3, -0.25) is 0 Å². The molecular weight excluding hydrogens is 330 g/mol. The van der Waals surface area contributed by atoms with E-state index in [4.69, 9.17) is 9.15 Å². The molecule has 3 nitrogen and oxygen atoms in total. The van der Waals surface area contributed by atoms with Crippen LogP contribution in [0.25, 0.3) is 0 Å². The van der Waals surface area contributed by atoms with Crippen molar-refractivity contribution in [2.45, 2.75) is 32.7 Å². The fourth-order valence-electron chi connectivity index (χ4n) is 2.31. The fourth-order valence-corrected chi connectivity index (χ4v) is 2.89. The zero-order valence-corrected chi connectivity index (χ0v) is 14.4. The number of aryl methyl sites for hydroxylation is 1. The first-order chi connectivity index (χ1) is 10.1. The SMILES string of the molecule is CCCNC(Cc1ccc(OC)c(Br)c1)c1ccc(C)o1. The monoisotopic (exact) mass is 351 g/mol. The van der Waals surface area contributed by atoms with Crippen LogP contribution in [-0.4, -0.2) is 13.7 Å². The van der Waals surface area contributed by atoms with Gasteiger partial charge in [-0.15, -0.1) is 0 Å². The lowest BCUT2D eigenvalue weighted by Gasteiger charge is -2.17. The minimum absolute atomic E-state index is 0.193. The Morgan fingerprint density at radius 2 is 2.10 bits per heavy atom. The average Bonchev–Trinajstić information content (AvgIpc) is 2.90. The smallest absolute Gasteiger partial charge is 0.133 e. The van der Waals surface area contributed by atoms with Gasteiger partial charge in [0.1, 0.15) is 17.3 Å². The molecule has 0 aliphatic carbocycles. The van der Waals surface area contributed by atoms with Crippen molar-refractivity contribution < 1.29 is 9.15 Å². The Morgan fingerprint density at radius 1 is 1.29 bits per heavy atom. The van der Waals surface area contributed by atoms with Gasteiger partial charge in [0.15, 0.2) is 0 Å². The minimum Gasteiger partial charge on any atom is -0.496 e. The summed E-state index contributed by atoms with van der Waals surface area (Å²) in [5.74, 6) is 2.79. The number of furan rings is 1. The van der Waals surface area contributed by atoms with Gasteiger partial charge in [-0.05, 0) is 72.1 Å². The molecule has 0 fully saturated rings. The van der Waals surface area contributed by atoms with Crippen LogP contribution >= 0.6 is 15.9 Å². The second-order valence-electron chi connectivity index (χ2n) is 5.13. The van der Waals surface area contributed by atoms with Gasteiger partial charge in [0.25, 0.3) is 0 Å². The third-order valence-corrected chi connectivity index (χ3v) is 4.02. The average molecular weight is 352 g/mol. The normalized spacial score (nSPS) is 12.4. The molecule has 1 N–H and O–H groups in total. The lowest BCUT2D eigenvalue weighted by atomic mass is 10.0. The highest BCUT2D eigenvalue weighted by Gasteiger charge is 2.15. The van der Waals surface area contributed by atoms with Crippen LogP contribution in [-0.2, 0) is 6.42 Å². The lowest BCUT2D eigenvalue weighted by molar-refractivity contribution is 0.397. The molecule has 0 aliphatic heterocycles. The van der Waals surface area contributed by atoms with E-state index in [0.29, 0.717) is 0 Å². The van der Waals surface area contributed by atoms with Crippen molar-refractivity contribution >= 4 is 15.9 Å². The van der Waals surface area contributed by atoms with Crippen LogP contribution in [0, 0.1) is 6.92 Å². The second-order valence-corrected chi connectivity index (χ2v) is 5.98. The third kappa shape index (κ3) is 4.35. The van der Waals surface area contributed by atoms with E-state index < -0.39 is 0 Å². The van der Waals surface area contributed by atoms with Gasteiger partial charge in [-0.1, -0.05) is 13.0 Å². The highest BCUT2D eigenvalue weighted by molar-refractivity contribution is 9.10. The minimum atomic E-state index is 0.193. The van der Waals surface area contributed by atoms with Crippen LogP contribution in [0.4, 0.5) is 0 Å². The van der Waals surface area contributed by atoms with E-state index in [0.717, 1.165) is 41.1 Å². The zero-order valence-electron chi connectivity index (χ0n) is 12.8. The number of halogens is 1. The Kier molecular flexibility index (Phi) is 5.88. The van der Waals surface area contributed by atoms with E-state index in [9.17, 15) is 0 Å². The van der Waals surface area contributed by atoms with Gasteiger partial charge in [0, 0.05) is 0 Å². The zero-order chi connectivity index (χ0) is 15.2. The summed E-state index contributed by atoms with van der Waals surface area (Å²) < 4.78 is 12.0. The molecule has 4 heteroatoms. The quantitative estimate of drug-likeness (QED) is 0.788. The predicted molar refractivity (Wildman–Crippen MR) is 88.9 cm³/mol. The van der Waals surface area contributed by atoms with Gasteiger partial charge < -0.3 is 14.5 Å². The Labute approximate surface area is 134 Å². The Hall–Kier alpha value is -1.26. The largest absolute Gasteiger partial charge is 0.496 e. The molecule has 114 valence electrons. The number of benzene rings is 1. The van der Waals surface area contributed by atoms with Gasteiger partial charge in [-0.2, -0.15) is 0 Å². The molecule has 1 unspecified atom stereocenters. The number of nitrogens with one attached hydrogen (secondary N) is 1. The van der Waals surface area contributed by atoms with Crippen molar-refractivity contribution in [3.8, 4) is 5.75 Å². The lowest BCUT2D eigenvalue weighted by Crippen LogP contribution is -2.23. The second kappa shape index (κ2) is 7.66. The van der Waals surface area contributed by atoms with Gasteiger partial charge >= 0.3 is 0 Å². The van der Waals surface area contributed by atoms with Gasteiger partial charge in [0.05, 0.1) is 17.6 Å². The summed E-state index contributed by atoms with van der Waals surface area (Å²) in [6.07, 6.45) is 1.98. The van der Waals surface area contributed by atoms with Crippen LogP contribution in [0.1, 0.15) is 36.5 Å². The van der Waals surface area contributed by atoms with Crippen molar-refractivity contribution in [1.82, 2.24) is 5.32 Å². The molecule has 0 radical (unpaired) electrons. The molecule has 0 saturated heterocycles. The summed E-state index contributed by atoms with van der Waals surface area (Å²) in [4.78, 5) is 0. The summed E-state index contributed by atoms with van der Waals surface area (Å²) in [6.45, 7) is 5.12. The summed E-state index contributed by atoms with van der Waals surface area (Å²) in [6, 6.07) is 10.5. The number of methoxy groups -OCH3 is 1. The molecule has 1 atom stereocenters. The van der Waals surface area contributed by atoms with Crippen molar-refractivity contribution in [1.29, 1.82) is 0 Å². The van der Waals surface area contributed by atoms with E-state index in [2.05, 4.69) is 46.4 Å². The first kappa shape index (κ1) is 16.1. The number of hydrogen-bond acceptors (Lipinski definition) is 3. The standard InChI is InChI=1S/C17H22BrNO2/c1-4-9-19-15(17-7-5-12(2)21-17)11-13-6-8-16(20-3)14(18)10-13/h5-8,10,15,19H,4,9,11H2,1-3H3. The highest BCUT2D eigenvalue weighted by Crippen LogP contribution is 2.28. The maximum atomic E-state index is 5.79. The van der Waals surface area contributed by atoms with Crippen LogP contribution in [0.5, 0.6) is 5.75 Å². The van der Waals surface area contributed by atoms with Gasteiger partial charge in [-0.25, -0.2) is 0 Å². The first-order valence-corrected chi connectivity index (χ1v) is 8.05. The molecule has 0 aliphatic rings. The third-order valence-electron chi connectivity index (χ3n) is 3.40. The summed E-state index contributed by atoms with van der Waals surface area (Å²) >= 11 is 3.54. The van der Waals surface area contributed by atoms with Crippen LogP contribution in [0.3, 0.4) is 0 Å². The molecular formula is C17H22BrNO2. The Balaban J connectivity index is 2.16. The van der Waals surface area contributed by atoms with Crippen LogP contribution in [0.15, 0.2) is 39.2 Å². The van der Waals surface area contributed by atoms with Crippen molar-refractivity contribution in [2.75, 3.05) is 13.7 Å². The van der Waals surface area contributed by atoms with Crippen molar-refractivity contribution in [3.05, 3.63) is 51.9 Å². The maximum absolute atomic E-state index is 5.79. The predicted octanol–water partition coefficient (Wildman–Crippen LogP) is 4.64. The topological polar surface area (TPSA) is 34.4 Å². The molecule has 1 heterocycles. The molecule has 21 heavy (non-hydrogen) atoms. The van der Waals surface area contributed by atoms with E-state index in [1.807, 2.05) is 19.1 Å². The van der Waals surface area contributed by atoms with E-state index >= 15 is 0 Å². The number of rotatable bonds is 7. The van der Waals surface area contributed by atoms with E-state index in [1.54, 1.807) is 7.11 Å². The van der Waals surface area contributed by atoms with Gasteiger partial charge in [0.2, 0.25) is 0 Å². The maximum Gasteiger partial charge on any atom is 0.133 e. The van der Waals surface area contributed by atoms with E-state index in [1.165, 1.54) is 5.56 Å². The first-order valence-electron chi connectivity index (χ1n) is 7.26. The summed E-state index contributed by atoms with van der Waals surface area (Å²) in [5, 5.41) is 3.56. The fraction of sp³-hybridized carbons (Fsp3) is 0.412. The van der Waals surface area contributed by atoms with Crippen molar-refractivity contribution in [3.63, 3.8) is 0 Å². The number of hydrogen-bond donors (Lipinski definition) is 1. The molecule has 2 aromatic rings. The molecule has 0 spiro atoms. The van der Waals surface area contributed by atoms with E-state index in [-0.39, 0.29) is 6.04 Å². The molecule has 0 amide bonds. The summed E-state index contributed by atoms with van der Waals surface area (Å²) in [5.41, 5.74) is 1.24. The Morgan fingerprint density at radius 3 is 2.67 bits per heavy atom. The molecule has 0 bridgehead atoms. The molecule has 1 aromatic heterocycles. The summed E-state index contributed by atoms with van der Waals surface area (Å²) in [7, 11) is 1.68. The molecule has 2 rings (SSSR count). The van der Waals surface area contributed by atoms with Crippen molar-refractivity contribution in [2.24, 2.45) is 0 Å². The molecule has 0 saturated carbocycles. The van der Waals surface area contributed by atoms with Crippen LogP contribution < -0.4 is 10.1 Å². The highest BCUT2D eigenvalue weighted by atomic mass is 79.9. The Bertz CT molecular complexity index is 580. The molecule has 1 aromatic carbocycles. The van der Waals surface area contributed by atoms with Crippen LogP contribution in [0.2, 0.25) is 0 Å². The number of ether oxygens (including phenoxy) is 1.